The van der Waals surface area contributed by atoms with Crippen LogP contribution in [0.25, 0.3) is 0 Å². The van der Waals surface area contributed by atoms with E-state index in [4.69, 9.17) is 4.42 Å². The lowest BCUT2D eigenvalue weighted by Crippen LogP contribution is -2.44. The highest BCUT2D eigenvalue weighted by molar-refractivity contribution is 9.10. The summed E-state index contributed by atoms with van der Waals surface area (Å²) >= 11 is 3.25. The SMILES string of the molecule is O=C(c1ccc(Br)o1)N1CCN(C2CC2)c2ccccc21. The molecule has 1 fully saturated rings. The summed E-state index contributed by atoms with van der Waals surface area (Å²) in [5.41, 5.74) is 2.14. The molecule has 108 valence electrons. The molecule has 21 heavy (non-hydrogen) atoms. The molecule has 1 saturated carbocycles. The van der Waals surface area contributed by atoms with Gasteiger partial charge in [0.05, 0.1) is 11.4 Å². The highest BCUT2D eigenvalue weighted by atomic mass is 79.9. The second kappa shape index (κ2) is 4.91. The van der Waals surface area contributed by atoms with Crippen LogP contribution in [0.4, 0.5) is 11.4 Å². The molecule has 1 aromatic heterocycles. The summed E-state index contributed by atoms with van der Waals surface area (Å²) in [5.74, 6) is 0.292. The van der Waals surface area contributed by atoms with Gasteiger partial charge in [0.1, 0.15) is 0 Å². The van der Waals surface area contributed by atoms with Crippen molar-refractivity contribution in [2.24, 2.45) is 0 Å². The van der Waals surface area contributed by atoms with E-state index in [0.29, 0.717) is 23.0 Å². The minimum atomic E-state index is -0.0800. The minimum Gasteiger partial charge on any atom is -0.444 e. The summed E-state index contributed by atoms with van der Waals surface area (Å²) in [7, 11) is 0. The highest BCUT2D eigenvalue weighted by Crippen LogP contribution is 2.40. The molecule has 4 nitrogen and oxygen atoms in total. The van der Waals surface area contributed by atoms with Gasteiger partial charge in [-0.05, 0) is 53.0 Å². The average molecular weight is 347 g/mol. The molecule has 1 aliphatic heterocycles. The van der Waals surface area contributed by atoms with Crippen molar-refractivity contribution in [1.29, 1.82) is 0 Å². The van der Waals surface area contributed by atoms with Gasteiger partial charge in [0.2, 0.25) is 0 Å². The number of fused-ring (bicyclic) bond motifs is 1. The summed E-state index contributed by atoms with van der Waals surface area (Å²) < 4.78 is 5.99. The number of nitrogens with zero attached hydrogens (tertiary/aromatic N) is 2. The Bertz CT molecular complexity index is 693. The van der Waals surface area contributed by atoms with Crippen molar-refractivity contribution in [2.45, 2.75) is 18.9 Å². The van der Waals surface area contributed by atoms with E-state index in [1.54, 1.807) is 12.1 Å². The lowest BCUT2D eigenvalue weighted by atomic mass is 10.1. The summed E-state index contributed by atoms with van der Waals surface area (Å²) in [6.07, 6.45) is 2.51. The first-order chi connectivity index (χ1) is 10.2. The first kappa shape index (κ1) is 13.0. The number of hydrogen-bond acceptors (Lipinski definition) is 3. The van der Waals surface area contributed by atoms with Crippen molar-refractivity contribution in [3.63, 3.8) is 0 Å². The molecule has 0 atom stereocenters. The van der Waals surface area contributed by atoms with Gasteiger partial charge in [-0.1, -0.05) is 12.1 Å². The van der Waals surface area contributed by atoms with Crippen molar-refractivity contribution in [3.8, 4) is 0 Å². The lowest BCUT2D eigenvalue weighted by molar-refractivity contribution is 0.0958. The summed E-state index contributed by atoms with van der Waals surface area (Å²) in [5, 5.41) is 0. The fourth-order valence-corrected chi connectivity index (χ4v) is 3.23. The predicted molar refractivity (Wildman–Crippen MR) is 84.9 cm³/mol. The van der Waals surface area contributed by atoms with E-state index in [9.17, 15) is 4.79 Å². The molecule has 5 heteroatoms. The molecular formula is C16H15BrN2O2. The maximum atomic E-state index is 12.7. The third-order valence-corrected chi connectivity index (χ3v) is 4.49. The number of carbonyl (C=O) groups excluding carboxylic acids is 1. The zero-order valence-corrected chi connectivity index (χ0v) is 13.0. The smallest absolute Gasteiger partial charge is 0.294 e. The van der Waals surface area contributed by atoms with Gasteiger partial charge < -0.3 is 14.2 Å². The van der Waals surface area contributed by atoms with Crippen LogP contribution >= 0.6 is 15.9 Å². The Morgan fingerprint density at radius 1 is 1.10 bits per heavy atom. The van der Waals surface area contributed by atoms with Gasteiger partial charge in [-0.15, -0.1) is 0 Å². The molecule has 2 aromatic rings. The van der Waals surface area contributed by atoms with Crippen LogP contribution in [0.1, 0.15) is 23.4 Å². The Morgan fingerprint density at radius 2 is 1.86 bits per heavy atom. The number of para-hydroxylation sites is 2. The van der Waals surface area contributed by atoms with E-state index in [0.717, 1.165) is 17.9 Å². The maximum Gasteiger partial charge on any atom is 0.294 e. The van der Waals surface area contributed by atoms with Crippen molar-refractivity contribution in [1.82, 2.24) is 0 Å². The average Bonchev–Trinajstić information content (AvgIpc) is 3.26. The molecule has 2 heterocycles. The molecule has 0 spiro atoms. The second-order valence-corrected chi connectivity index (χ2v) is 6.26. The first-order valence-corrected chi connectivity index (χ1v) is 7.96. The number of hydrogen-bond donors (Lipinski definition) is 0. The monoisotopic (exact) mass is 346 g/mol. The standard InChI is InChI=1S/C16H15BrN2O2/c17-15-8-7-14(21-15)16(20)19-10-9-18(11-5-6-11)12-3-1-2-4-13(12)19/h1-4,7-8,11H,5-6,9-10H2. The molecule has 0 saturated heterocycles. The summed E-state index contributed by atoms with van der Waals surface area (Å²) in [6, 6.07) is 12.2. The molecule has 0 unspecified atom stereocenters. The number of halogens is 1. The molecule has 1 aromatic carbocycles. The molecule has 0 radical (unpaired) electrons. The van der Waals surface area contributed by atoms with Gasteiger partial charge in [-0.2, -0.15) is 0 Å². The van der Waals surface area contributed by atoms with E-state index < -0.39 is 0 Å². The van der Waals surface area contributed by atoms with Crippen molar-refractivity contribution < 1.29 is 9.21 Å². The Kier molecular flexibility index (Phi) is 3.03. The third kappa shape index (κ3) is 2.25. The molecule has 4 rings (SSSR count). The number of amides is 1. The number of anilines is 2. The zero-order valence-electron chi connectivity index (χ0n) is 11.5. The Balaban J connectivity index is 1.70. The van der Waals surface area contributed by atoms with Gasteiger partial charge in [0.15, 0.2) is 10.4 Å². The number of furan rings is 1. The molecule has 0 N–H and O–H groups in total. The fraction of sp³-hybridized carbons (Fsp3) is 0.312. The Morgan fingerprint density at radius 3 is 2.52 bits per heavy atom. The normalized spacial score (nSPS) is 17.8. The molecular weight excluding hydrogens is 332 g/mol. The first-order valence-electron chi connectivity index (χ1n) is 7.17. The predicted octanol–water partition coefficient (Wildman–Crippen LogP) is 3.67. The molecule has 2 aliphatic rings. The van der Waals surface area contributed by atoms with Crippen LogP contribution in [-0.2, 0) is 0 Å². The highest BCUT2D eigenvalue weighted by Gasteiger charge is 2.35. The minimum absolute atomic E-state index is 0.0800. The van der Waals surface area contributed by atoms with Gasteiger partial charge in [-0.25, -0.2) is 0 Å². The summed E-state index contributed by atoms with van der Waals surface area (Å²) in [6.45, 7) is 1.58. The van der Waals surface area contributed by atoms with E-state index in [-0.39, 0.29) is 5.91 Å². The topological polar surface area (TPSA) is 36.7 Å². The van der Waals surface area contributed by atoms with Crippen molar-refractivity contribution >= 4 is 33.2 Å². The maximum absolute atomic E-state index is 12.7. The van der Waals surface area contributed by atoms with Gasteiger partial charge in [-0.3, -0.25) is 4.79 Å². The molecule has 1 aliphatic carbocycles. The van der Waals surface area contributed by atoms with Crippen LogP contribution in [0.5, 0.6) is 0 Å². The largest absolute Gasteiger partial charge is 0.444 e. The van der Waals surface area contributed by atoms with Gasteiger partial charge in [0.25, 0.3) is 5.91 Å². The number of rotatable bonds is 2. The number of benzene rings is 1. The van der Waals surface area contributed by atoms with E-state index in [1.165, 1.54) is 12.8 Å². The third-order valence-electron chi connectivity index (χ3n) is 4.06. The van der Waals surface area contributed by atoms with E-state index in [1.807, 2.05) is 23.1 Å². The molecule has 0 bridgehead atoms. The van der Waals surface area contributed by atoms with E-state index >= 15 is 0 Å². The van der Waals surface area contributed by atoms with Crippen molar-refractivity contribution in [3.05, 3.63) is 46.8 Å². The zero-order chi connectivity index (χ0) is 14.4. The van der Waals surface area contributed by atoms with Crippen LogP contribution < -0.4 is 9.80 Å². The second-order valence-electron chi connectivity index (χ2n) is 5.47. The lowest BCUT2D eigenvalue weighted by Gasteiger charge is -2.37. The van der Waals surface area contributed by atoms with Crippen LogP contribution in [0.3, 0.4) is 0 Å². The molecule has 1 amide bonds. The Hall–Kier alpha value is -1.75. The quantitative estimate of drug-likeness (QED) is 0.832. The number of carbonyl (C=O) groups is 1. The van der Waals surface area contributed by atoms with Gasteiger partial charge in [0, 0.05) is 19.1 Å². The van der Waals surface area contributed by atoms with Crippen molar-refractivity contribution in [2.75, 3.05) is 22.9 Å². The van der Waals surface area contributed by atoms with Crippen LogP contribution in [0, 0.1) is 0 Å². The van der Waals surface area contributed by atoms with Gasteiger partial charge >= 0.3 is 0 Å². The van der Waals surface area contributed by atoms with Crippen LogP contribution in [-0.4, -0.2) is 25.0 Å². The summed E-state index contributed by atoms with van der Waals surface area (Å²) in [4.78, 5) is 16.9. The Labute approximate surface area is 131 Å². The fourth-order valence-electron chi connectivity index (χ4n) is 2.92. The van der Waals surface area contributed by atoms with E-state index in [2.05, 4.69) is 26.9 Å². The van der Waals surface area contributed by atoms with Crippen LogP contribution in [0.15, 0.2) is 45.5 Å². The van der Waals surface area contributed by atoms with Crippen LogP contribution in [0.2, 0.25) is 0 Å².